The molecular weight excluding hydrogens is 218 g/mol. The van der Waals surface area contributed by atoms with Crippen LogP contribution in [0.15, 0.2) is 0 Å². The molecule has 0 aromatic rings. The number of rotatable bonds is 5. The Morgan fingerprint density at radius 1 is 1.47 bits per heavy atom. The zero-order chi connectivity index (χ0) is 12.9. The van der Waals surface area contributed by atoms with Crippen molar-refractivity contribution in [2.45, 2.75) is 51.5 Å². The van der Waals surface area contributed by atoms with Crippen LogP contribution in [0.5, 0.6) is 0 Å². The third-order valence-corrected chi connectivity index (χ3v) is 3.34. The molecule has 17 heavy (non-hydrogen) atoms. The van der Waals surface area contributed by atoms with Crippen molar-refractivity contribution in [3.8, 4) is 12.3 Å². The second-order valence-electron chi connectivity index (χ2n) is 4.85. The predicted octanol–water partition coefficient (Wildman–Crippen LogP) is 1.55. The normalized spacial score (nSPS) is 19.3. The Kier molecular flexibility index (Phi) is 4.56. The SMILES string of the molecule is C#CCC(C)NC(=O)CC1(C(=O)O)CCCC1. The van der Waals surface area contributed by atoms with Gasteiger partial charge in [0.15, 0.2) is 0 Å². The Morgan fingerprint density at radius 2 is 2.06 bits per heavy atom. The van der Waals surface area contributed by atoms with Crippen LogP contribution >= 0.6 is 0 Å². The van der Waals surface area contributed by atoms with Gasteiger partial charge in [0.2, 0.25) is 5.91 Å². The molecule has 1 saturated carbocycles. The van der Waals surface area contributed by atoms with Crippen molar-refractivity contribution < 1.29 is 14.7 Å². The van der Waals surface area contributed by atoms with E-state index in [1.54, 1.807) is 0 Å². The van der Waals surface area contributed by atoms with Gasteiger partial charge in [0, 0.05) is 18.9 Å². The third kappa shape index (κ3) is 3.48. The first-order valence-corrected chi connectivity index (χ1v) is 5.96. The highest BCUT2D eigenvalue weighted by Gasteiger charge is 2.42. The molecule has 0 aliphatic heterocycles. The number of carboxylic acids is 1. The highest BCUT2D eigenvalue weighted by molar-refractivity contribution is 5.85. The lowest BCUT2D eigenvalue weighted by molar-refractivity contribution is -0.151. The molecule has 0 aromatic carbocycles. The number of aliphatic carboxylic acids is 1. The summed E-state index contributed by atoms with van der Waals surface area (Å²) >= 11 is 0. The van der Waals surface area contributed by atoms with Gasteiger partial charge in [0.1, 0.15) is 0 Å². The van der Waals surface area contributed by atoms with Crippen LogP contribution in [-0.4, -0.2) is 23.0 Å². The van der Waals surface area contributed by atoms with E-state index in [0.29, 0.717) is 19.3 Å². The summed E-state index contributed by atoms with van der Waals surface area (Å²) in [6.07, 6.45) is 8.65. The molecule has 4 nitrogen and oxygen atoms in total. The van der Waals surface area contributed by atoms with E-state index in [2.05, 4.69) is 11.2 Å². The molecule has 0 heterocycles. The summed E-state index contributed by atoms with van der Waals surface area (Å²) < 4.78 is 0. The van der Waals surface area contributed by atoms with Crippen molar-refractivity contribution in [3.63, 3.8) is 0 Å². The average Bonchev–Trinajstić information content (AvgIpc) is 2.67. The van der Waals surface area contributed by atoms with Gasteiger partial charge in [-0.05, 0) is 19.8 Å². The van der Waals surface area contributed by atoms with Crippen LogP contribution in [-0.2, 0) is 9.59 Å². The fourth-order valence-electron chi connectivity index (χ4n) is 2.38. The molecule has 0 saturated heterocycles. The smallest absolute Gasteiger partial charge is 0.310 e. The molecule has 94 valence electrons. The molecule has 1 aliphatic rings. The third-order valence-electron chi connectivity index (χ3n) is 3.34. The number of carboxylic acid groups (broad SMARTS) is 1. The molecule has 4 heteroatoms. The maximum atomic E-state index is 11.8. The maximum absolute atomic E-state index is 11.8. The first-order valence-electron chi connectivity index (χ1n) is 5.96. The van der Waals surface area contributed by atoms with Gasteiger partial charge in [-0.2, -0.15) is 0 Å². The molecule has 2 N–H and O–H groups in total. The lowest BCUT2D eigenvalue weighted by atomic mass is 9.82. The van der Waals surface area contributed by atoms with E-state index in [-0.39, 0.29) is 18.4 Å². The van der Waals surface area contributed by atoms with Crippen molar-refractivity contribution in [2.75, 3.05) is 0 Å². The fourth-order valence-corrected chi connectivity index (χ4v) is 2.38. The second-order valence-corrected chi connectivity index (χ2v) is 4.85. The van der Waals surface area contributed by atoms with E-state index in [9.17, 15) is 14.7 Å². The Bertz CT molecular complexity index is 337. The zero-order valence-corrected chi connectivity index (χ0v) is 10.2. The summed E-state index contributed by atoms with van der Waals surface area (Å²) in [7, 11) is 0. The minimum Gasteiger partial charge on any atom is -0.481 e. The number of terminal acetylenes is 1. The van der Waals surface area contributed by atoms with Gasteiger partial charge in [-0.1, -0.05) is 12.8 Å². The van der Waals surface area contributed by atoms with Crippen LogP contribution in [0, 0.1) is 17.8 Å². The molecule has 0 aromatic heterocycles. The first-order chi connectivity index (χ1) is 8.00. The molecule has 1 aliphatic carbocycles. The molecule has 1 atom stereocenters. The quantitative estimate of drug-likeness (QED) is 0.713. The number of hydrogen-bond donors (Lipinski definition) is 2. The van der Waals surface area contributed by atoms with Gasteiger partial charge in [-0.15, -0.1) is 12.3 Å². The number of carbonyl (C=O) groups is 2. The van der Waals surface area contributed by atoms with Crippen LogP contribution in [0.3, 0.4) is 0 Å². The average molecular weight is 237 g/mol. The minimum absolute atomic E-state index is 0.0667. The number of amides is 1. The second kappa shape index (κ2) is 5.72. The number of carbonyl (C=O) groups excluding carboxylic acids is 1. The highest BCUT2D eigenvalue weighted by atomic mass is 16.4. The van der Waals surface area contributed by atoms with Crippen molar-refractivity contribution in [1.82, 2.24) is 5.32 Å². The predicted molar refractivity (Wildman–Crippen MR) is 64.2 cm³/mol. The zero-order valence-electron chi connectivity index (χ0n) is 10.2. The molecule has 1 amide bonds. The summed E-state index contributed by atoms with van der Waals surface area (Å²) in [5, 5.41) is 12.0. The summed E-state index contributed by atoms with van der Waals surface area (Å²) in [6.45, 7) is 1.82. The minimum atomic E-state index is -0.852. The van der Waals surface area contributed by atoms with E-state index < -0.39 is 11.4 Å². The summed E-state index contributed by atoms with van der Waals surface area (Å²) in [6, 6.07) is -0.0975. The van der Waals surface area contributed by atoms with Gasteiger partial charge in [-0.25, -0.2) is 0 Å². The highest BCUT2D eigenvalue weighted by Crippen LogP contribution is 2.41. The van der Waals surface area contributed by atoms with Crippen LogP contribution in [0.1, 0.15) is 45.4 Å². The lowest BCUT2D eigenvalue weighted by Crippen LogP contribution is -2.39. The first kappa shape index (κ1) is 13.6. The van der Waals surface area contributed by atoms with E-state index in [1.165, 1.54) is 0 Å². The topological polar surface area (TPSA) is 66.4 Å². The van der Waals surface area contributed by atoms with Crippen molar-refractivity contribution in [1.29, 1.82) is 0 Å². The number of nitrogens with one attached hydrogen (secondary N) is 1. The van der Waals surface area contributed by atoms with E-state index >= 15 is 0 Å². The van der Waals surface area contributed by atoms with Crippen molar-refractivity contribution >= 4 is 11.9 Å². The van der Waals surface area contributed by atoms with Crippen LogP contribution in [0.25, 0.3) is 0 Å². The van der Waals surface area contributed by atoms with Crippen molar-refractivity contribution in [3.05, 3.63) is 0 Å². The van der Waals surface area contributed by atoms with Crippen LogP contribution in [0.4, 0.5) is 0 Å². The molecule has 1 unspecified atom stereocenters. The molecule has 1 rings (SSSR count). The van der Waals surface area contributed by atoms with Crippen molar-refractivity contribution in [2.24, 2.45) is 5.41 Å². The summed E-state index contributed by atoms with van der Waals surface area (Å²) in [4.78, 5) is 23.0. The standard InChI is InChI=1S/C13H19NO3/c1-3-6-10(2)14-11(15)9-13(12(16)17)7-4-5-8-13/h1,10H,4-9H2,2H3,(H,14,15)(H,16,17). The van der Waals surface area contributed by atoms with Gasteiger partial charge in [0.25, 0.3) is 0 Å². The fraction of sp³-hybridized carbons (Fsp3) is 0.692. The Labute approximate surface area is 102 Å². The lowest BCUT2D eigenvalue weighted by Gasteiger charge is -2.23. The Balaban J connectivity index is 2.54. The van der Waals surface area contributed by atoms with Gasteiger partial charge in [-0.3, -0.25) is 9.59 Å². The molecular formula is C13H19NO3. The number of hydrogen-bond acceptors (Lipinski definition) is 2. The van der Waals surface area contributed by atoms with E-state index in [0.717, 1.165) is 12.8 Å². The summed E-state index contributed by atoms with van der Waals surface area (Å²) in [5.74, 6) is 1.40. The van der Waals surface area contributed by atoms with Crippen LogP contribution < -0.4 is 5.32 Å². The maximum Gasteiger partial charge on any atom is 0.310 e. The summed E-state index contributed by atoms with van der Waals surface area (Å²) in [5.41, 5.74) is -0.847. The Hall–Kier alpha value is -1.50. The molecule has 1 fully saturated rings. The van der Waals surface area contributed by atoms with E-state index in [4.69, 9.17) is 6.42 Å². The van der Waals surface area contributed by atoms with Gasteiger partial charge < -0.3 is 10.4 Å². The Morgan fingerprint density at radius 3 is 2.53 bits per heavy atom. The molecule has 0 spiro atoms. The largest absolute Gasteiger partial charge is 0.481 e. The van der Waals surface area contributed by atoms with Crippen LogP contribution in [0.2, 0.25) is 0 Å². The van der Waals surface area contributed by atoms with Gasteiger partial charge in [0.05, 0.1) is 5.41 Å². The van der Waals surface area contributed by atoms with E-state index in [1.807, 2.05) is 6.92 Å². The van der Waals surface area contributed by atoms with Gasteiger partial charge >= 0.3 is 5.97 Å². The molecule has 0 radical (unpaired) electrons. The molecule has 0 bridgehead atoms. The monoisotopic (exact) mass is 237 g/mol.